The maximum absolute atomic E-state index is 13.6. The number of ether oxygens (including phenoxy) is 1. The normalized spacial score (nSPS) is 12.5. The number of methoxy groups -OCH3 is 1. The van der Waals surface area contributed by atoms with Crippen molar-refractivity contribution in [3.8, 4) is 5.75 Å². The van der Waals surface area contributed by atoms with Crippen LogP contribution in [0.15, 0.2) is 18.2 Å². The van der Waals surface area contributed by atoms with Gasteiger partial charge in [0.25, 0.3) is 0 Å². The fourth-order valence-corrected chi connectivity index (χ4v) is 2.30. The molecule has 0 saturated carbocycles. The first-order chi connectivity index (χ1) is 8.22. The van der Waals surface area contributed by atoms with E-state index >= 15 is 0 Å². The van der Waals surface area contributed by atoms with E-state index in [-0.39, 0.29) is 11.9 Å². The number of nitrogens with one attached hydrogen (secondary N) is 1. The average Bonchev–Trinajstić information content (AvgIpc) is 2.34. The highest BCUT2D eigenvalue weighted by Gasteiger charge is 2.12. The van der Waals surface area contributed by atoms with Crippen molar-refractivity contribution in [3.05, 3.63) is 29.6 Å². The molecule has 0 spiro atoms. The molecule has 0 saturated heterocycles. The third-order valence-corrected chi connectivity index (χ3v) is 3.22. The van der Waals surface area contributed by atoms with Crippen LogP contribution in [0, 0.1) is 5.82 Å². The van der Waals surface area contributed by atoms with E-state index in [1.807, 2.05) is 6.07 Å². The van der Waals surface area contributed by atoms with Gasteiger partial charge in [-0.15, -0.1) is 0 Å². The minimum Gasteiger partial charge on any atom is -0.494 e. The molecular formula is C13H20FNOS. The molecule has 0 radical (unpaired) electrons. The number of thioether (sulfide) groups is 1. The maximum atomic E-state index is 13.6. The summed E-state index contributed by atoms with van der Waals surface area (Å²) in [5.74, 6) is 0.938. The smallest absolute Gasteiger partial charge is 0.165 e. The van der Waals surface area contributed by atoms with Crippen LogP contribution in [0.4, 0.5) is 4.39 Å². The molecule has 1 unspecified atom stereocenters. The Morgan fingerprint density at radius 1 is 1.47 bits per heavy atom. The van der Waals surface area contributed by atoms with Gasteiger partial charge in [0, 0.05) is 11.8 Å². The maximum Gasteiger partial charge on any atom is 0.165 e. The minimum absolute atomic E-state index is 0.199. The van der Waals surface area contributed by atoms with Gasteiger partial charge in [-0.2, -0.15) is 11.8 Å². The van der Waals surface area contributed by atoms with Crippen LogP contribution in [0.2, 0.25) is 0 Å². The van der Waals surface area contributed by atoms with Gasteiger partial charge in [-0.05, 0) is 36.9 Å². The Morgan fingerprint density at radius 3 is 2.76 bits per heavy atom. The monoisotopic (exact) mass is 257 g/mol. The van der Waals surface area contributed by atoms with Crippen LogP contribution in [0.25, 0.3) is 0 Å². The summed E-state index contributed by atoms with van der Waals surface area (Å²) in [5.41, 5.74) is 0.978. The second kappa shape index (κ2) is 7.56. The Hall–Kier alpha value is -0.740. The number of halogens is 1. The van der Waals surface area contributed by atoms with Gasteiger partial charge >= 0.3 is 0 Å². The first kappa shape index (κ1) is 14.3. The van der Waals surface area contributed by atoms with Crippen LogP contribution in [0.5, 0.6) is 5.75 Å². The summed E-state index contributed by atoms with van der Waals surface area (Å²) in [6.45, 7) is 3.07. The zero-order valence-corrected chi connectivity index (χ0v) is 11.4. The molecule has 4 heteroatoms. The van der Waals surface area contributed by atoms with E-state index < -0.39 is 0 Å². The van der Waals surface area contributed by atoms with Crippen molar-refractivity contribution >= 4 is 11.8 Å². The summed E-state index contributed by atoms with van der Waals surface area (Å²) < 4.78 is 18.5. The summed E-state index contributed by atoms with van der Waals surface area (Å²) in [4.78, 5) is 0. The van der Waals surface area contributed by atoms with Gasteiger partial charge in [-0.1, -0.05) is 13.0 Å². The quantitative estimate of drug-likeness (QED) is 0.810. The van der Waals surface area contributed by atoms with E-state index in [9.17, 15) is 4.39 Å². The number of rotatable bonds is 7. The molecule has 96 valence electrons. The lowest BCUT2D eigenvalue weighted by atomic mass is 10.1. The van der Waals surface area contributed by atoms with Crippen molar-refractivity contribution in [2.75, 3.05) is 25.7 Å². The molecule has 0 aliphatic carbocycles. The molecule has 0 aromatic heterocycles. The molecule has 0 heterocycles. The summed E-state index contributed by atoms with van der Waals surface area (Å²) in [5, 5.41) is 3.42. The van der Waals surface area contributed by atoms with E-state index in [1.165, 1.54) is 7.11 Å². The van der Waals surface area contributed by atoms with E-state index in [0.717, 1.165) is 24.3 Å². The average molecular weight is 257 g/mol. The van der Waals surface area contributed by atoms with Crippen molar-refractivity contribution in [2.24, 2.45) is 0 Å². The van der Waals surface area contributed by atoms with E-state index in [0.29, 0.717) is 5.75 Å². The first-order valence-corrected chi connectivity index (χ1v) is 7.18. The highest BCUT2D eigenvalue weighted by atomic mass is 32.2. The molecule has 0 amide bonds. The molecule has 17 heavy (non-hydrogen) atoms. The van der Waals surface area contributed by atoms with Gasteiger partial charge in [-0.25, -0.2) is 4.39 Å². The molecule has 1 atom stereocenters. The standard InChI is InChI=1S/C13H20FNOS/c1-4-7-15-12(9-17-3)10-5-6-13(16-2)11(14)8-10/h5-6,8,12,15H,4,7,9H2,1-3H3. The topological polar surface area (TPSA) is 21.3 Å². The second-order valence-electron chi connectivity index (χ2n) is 3.86. The summed E-state index contributed by atoms with van der Waals surface area (Å²) >= 11 is 1.75. The number of hydrogen-bond acceptors (Lipinski definition) is 3. The lowest BCUT2D eigenvalue weighted by molar-refractivity contribution is 0.385. The molecule has 1 N–H and O–H groups in total. The van der Waals surface area contributed by atoms with Gasteiger partial charge in [0.2, 0.25) is 0 Å². The summed E-state index contributed by atoms with van der Waals surface area (Å²) in [6.07, 6.45) is 3.13. The molecule has 0 fully saturated rings. The van der Waals surface area contributed by atoms with Crippen LogP contribution in [-0.2, 0) is 0 Å². The summed E-state index contributed by atoms with van der Waals surface area (Å²) in [7, 11) is 1.48. The molecule has 0 aliphatic heterocycles. The molecule has 1 aromatic carbocycles. The van der Waals surface area contributed by atoms with Crippen molar-refractivity contribution in [1.82, 2.24) is 5.32 Å². The van der Waals surface area contributed by atoms with Gasteiger partial charge in [0.15, 0.2) is 11.6 Å². The van der Waals surface area contributed by atoms with Crippen molar-refractivity contribution in [1.29, 1.82) is 0 Å². The van der Waals surface area contributed by atoms with Crippen molar-refractivity contribution < 1.29 is 9.13 Å². The van der Waals surface area contributed by atoms with Crippen LogP contribution < -0.4 is 10.1 Å². The Balaban J connectivity index is 2.82. The number of benzene rings is 1. The third kappa shape index (κ3) is 4.21. The largest absolute Gasteiger partial charge is 0.494 e. The third-order valence-electron chi connectivity index (χ3n) is 2.55. The molecule has 0 bridgehead atoms. The first-order valence-electron chi connectivity index (χ1n) is 5.78. The van der Waals surface area contributed by atoms with Crippen LogP contribution in [0.3, 0.4) is 0 Å². The molecule has 0 aliphatic rings. The summed E-state index contributed by atoms with van der Waals surface area (Å²) in [6, 6.07) is 5.37. The van der Waals surface area contributed by atoms with E-state index in [1.54, 1.807) is 23.9 Å². The lowest BCUT2D eigenvalue weighted by Crippen LogP contribution is -2.24. The predicted molar refractivity (Wildman–Crippen MR) is 72.4 cm³/mol. The van der Waals surface area contributed by atoms with Crippen molar-refractivity contribution in [3.63, 3.8) is 0 Å². The zero-order valence-electron chi connectivity index (χ0n) is 10.6. The van der Waals surface area contributed by atoms with Gasteiger partial charge in [0.1, 0.15) is 0 Å². The second-order valence-corrected chi connectivity index (χ2v) is 4.77. The molecule has 1 aromatic rings. The predicted octanol–water partition coefficient (Wildman–Crippen LogP) is 3.24. The van der Waals surface area contributed by atoms with Gasteiger partial charge in [-0.3, -0.25) is 0 Å². The molecule has 2 nitrogen and oxygen atoms in total. The van der Waals surface area contributed by atoms with Crippen molar-refractivity contribution in [2.45, 2.75) is 19.4 Å². The minimum atomic E-state index is -0.297. The number of hydrogen-bond donors (Lipinski definition) is 1. The van der Waals surface area contributed by atoms with Gasteiger partial charge in [0.05, 0.1) is 7.11 Å². The SMILES string of the molecule is CCCNC(CSC)c1ccc(OC)c(F)c1. The molecule has 1 rings (SSSR count). The Morgan fingerprint density at radius 2 is 2.24 bits per heavy atom. The van der Waals surface area contributed by atoms with Crippen LogP contribution in [-0.4, -0.2) is 25.7 Å². The van der Waals surface area contributed by atoms with Crippen LogP contribution >= 0.6 is 11.8 Å². The molecular weight excluding hydrogens is 237 g/mol. The fraction of sp³-hybridized carbons (Fsp3) is 0.538. The van der Waals surface area contributed by atoms with E-state index in [2.05, 4.69) is 18.5 Å². The zero-order chi connectivity index (χ0) is 12.7. The lowest BCUT2D eigenvalue weighted by Gasteiger charge is -2.18. The Bertz CT molecular complexity index is 346. The fourth-order valence-electron chi connectivity index (χ4n) is 1.66. The Labute approximate surface area is 107 Å². The van der Waals surface area contributed by atoms with E-state index in [4.69, 9.17) is 4.74 Å². The highest BCUT2D eigenvalue weighted by Crippen LogP contribution is 2.23. The Kier molecular flexibility index (Phi) is 6.37. The van der Waals surface area contributed by atoms with Gasteiger partial charge < -0.3 is 10.1 Å². The van der Waals surface area contributed by atoms with Crippen LogP contribution in [0.1, 0.15) is 24.9 Å². The highest BCUT2D eigenvalue weighted by molar-refractivity contribution is 7.98.